The number of fused-ring (bicyclic) bond motifs is 7. The van der Waals surface area contributed by atoms with Gasteiger partial charge in [-0.1, -0.05) is 60.1 Å². The Balaban J connectivity index is 1.69. The highest BCUT2D eigenvalue weighted by Gasteiger charge is 2.69. The molecule has 7 atom stereocenters. The quantitative estimate of drug-likeness (QED) is 0.426. The number of ether oxygens (including phenoxy) is 1. The zero-order valence-electron chi connectivity index (χ0n) is 24.9. The zero-order chi connectivity index (χ0) is 27.9. The first-order valence-electron chi connectivity index (χ1n) is 14.8. The summed E-state index contributed by atoms with van der Waals surface area (Å²) in [7, 11) is 0. The van der Waals surface area contributed by atoms with Gasteiger partial charge in [0.15, 0.2) is 5.78 Å². The molecule has 0 bridgehead atoms. The lowest BCUT2D eigenvalue weighted by Gasteiger charge is -2.69. The van der Waals surface area contributed by atoms with Crippen LogP contribution in [0.2, 0.25) is 0 Å². The van der Waals surface area contributed by atoms with E-state index >= 15 is 0 Å². The van der Waals surface area contributed by atoms with Gasteiger partial charge in [0.2, 0.25) is 5.91 Å². The molecule has 0 aromatic heterocycles. The zero-order valence-corrected chi connectivity index (χ0v) is 24.9. The molecular formula is C33H48N2O3. The molecule has 0 aromatic rings. The third kappa shape index (κ3) is 3.80. The summed E-state index contributed by atoms with van der Waals surface area (Å²) in [6, 6.07) is 2.40. The van der Waals surface area contributed by atoms with E-state index in [4.69, 9.17) is 4.74 Å². The molecule has 7 unspecified atom stereocenters. The number of carbonyl (C=O) groups is 2. The van der Waals surface area contributed by atoms with E-state index in [1.165, 1.54) is 5.57 Å². The second-order valence-electron chi connectivity index (χ2n) is 15.6. The van der Waals surface area contributed by atoms with Crippen LogP contribution in [0.3, 0.4) is 0 Å². The lowest BCUT2D eigenvalue weighted by molar-refractivity contribution is -0.163. The van der Waals surface area contributed by atoms with Gasteiger partial charge < -0.3 is 10.1 Å². The predicted molar refractivity (Wildman–Crippen MR) is 149 cm³/mol. The summed E-state index contributed by atoms with van der Waals surface area (Å²) in [6.07, 6.45) is 11.1. The summed E-state index contributed by atoms with van der Waals surface area (Å²) in [5.74, 6) is 0.559. The summed E-state index contributed by atoms with van der Waals surface area (Å²) in [5, 5.41) is 13.4. The van der Waals surface area contributed by atoms with Gasteiger partial charge in [0.05, 0.1) is 24.9 Å². The van der Waals surface area contributed by atoms with E-state index in [0.29, 0.717) is 18.8 Å². The second kappa shape index (κ2) is 8.53. The second-order valence-corrected chi connectivity index (χ2v) is 15.6. The van der Waals surface area contributed by atoms with E-state index in [-0.39, 0.29) is 62.1 Å². The van der Waals surface area contributed by atoms with E-state index in [9.17, 15) is 14.9 Å². The van der Waals surface area contributed by atoms with Crippen LogP contribution >= 0.6 is 0 Å². The van der Waals surface area contributed by atoms with Crippen molar-refractivity contribution in [1.82, 2.24) is 5.32 Å². The first-order chi connectivity index (χ1) is 17.5. The number of amides is 1. The van der Waals surface area contributed by atoms with Crippen LogP contribution < -0.4 is 5.32 Å². The molecule has 0 spiro atoms. The van der Waals surface area contributed by atoms with Gasteiger partial charge in [-0.05, 0) is 84.5 Å². The maximum Gasteiger partial charge on any atom is 0.217 e. The normalized spacial score (nSPS) is 45.3. The van der Waals surface area contributed by atoms with Gasteiger partial charge in [0.1, 0.15) is 0 Å². The smallest absolute Gasteiger partial charge is 0.217 e. The van der Waals surface area contributed by atoms with E-state index in [1.807, 2.05) is 6.08 Å². The van der Waals surface area contributed by atoms with Crippen molar-refractivity contribution in [3.63, 3.8) is 0 Å². The molecule has 4 aliphatic carbocycles. The lowest BCUT2D eigenvalue weighted by Crippen LogP contribution is -2.69. The number of allylic oxidation sites excluding steroid dienone is 3. The number of ketones is 1. The van der Waals surface area contributed by atoms with Crippen molar-refractivity contribution in [2.75, 3.05) is 13.2 Å². The summed E-state index contributed by atoms with van der Waals surface area (Å²) in [5.41, 5.74) is 0.934. The Morgan fingerprint density at radius 3 is 2.39 bits per heavy atom. The van der Waals surface area contributed by atoms with Crippen LogP contribution in [-0.4, -0.2) is 30.4 Å². The first kappa shape index (κ1) is 27.6. The third-order valence-corrected chi connectivity index (χ3v) is 12.3. The highest BCUT2D eigenvalue weighted by Crippen LogP contribution is 2.72. The lowest BCUT2D eigenvalue weighted by atomic mass is 9.35. The molecule has 5 aliphatic rings. The largest absolute Gasteiger partial charge is 0.375 e. The predicted octanol–water partition coefficient (Wildman–Crippen LogP) is 6.54. The van der Waals surface area contributed by atoms with Gasteiger partial charge in [-0.2, -0.15) is 5.26 Å². The summed E-state index contributed by atoms with van der Waals surface area (Å²) >= 11 is 0. The minimum Gasteiger partial charge on any atom is -0.375 e. The molecule has 5 rings (SSSR count). The van der Waals surface area contributed by atoms with Crippen LogP contribution in [0.1, 0.15) is 100 Å². The fraction of sp³-hybridized carbons (Fsp3) is 0.788. The average molecular weight is 521 g/mol. The highest BCUT2D eigenvalue weighted by molar-refractivity contribution is 5.95. The Morgan fingerprint density at radius 1 is 1.05 bits per heavy atom. The minimum atomic E-state index is -0.382. The summed E-state index contributed by atoms with van der Waals surface area (Å²) in [6.45, 7) is 18.9. The molecular weight excluding hydrogens is 472 g/mol. The number of nitrogens with zero attached hydrogens (tertiary/aromatic N) is 1. The van der Waals surface area contributed by atoms with Crippen LogP contribution in [0.4, 0.5) is 0 Å². The van der Waals surface area contributed by atoms with E-state index in [2.05, 4.69) is 65.9 Å². The number of carbonyl (C=O) groups excluding carboxylic acids is 2. The monoisotopic (exact) mass is 520 g/mol. The van der Waals surface area contributed by atoms with Crippen LogP contribution in [0.25, 0.3) is 0 Å². The van der Waals surface area contributed by atoms with Gasteiger partial charge >= 0.3 is 0 Å². The Kier molecular flexibility index (Phi) is 6.20. The van der Waals surface area contributed by atoms with E-state index < -0.39 is 0 Å². The van der Waals surface area contributed by atoms with Gasteiger partial charge in [-0.3, -0.25) is 9.59 Å². The van der Waals surface area contributed by atoms with Crippen molar-refractivity contribution in [3.8, 4) is 6.07 Å². The van der Waals surface area contributed by atoms with Crippen molar-refractivity contribution >= 4 is 11.7 Å². The SMILES string of the molecule is CC(=O)NC12CCC(C)(C)CC1C1C(=O)C=C3C4(C)C=C(C#N)COCC(C)(C)C4CCC3(C)C1(C)CC2. The Bertz CT molecular complexity index is 1160. The minimum absolute atomic E-state index is 0.0187. The number of hydrogen-bond donors (Lipinski definition) is 1. The molecule has 1 N–H and O–H groups in total. The third-order valence-electron chi connectivity index (χ3n) is 12.3. The maximum atomic E-state index is 14.5. The topological polar surface area (TPSA) is 79.2 Å². The molecule has 3 fully saturated rings. The van der Waals surface area contributed by atoms with E-state index in [1.54, 1.807) is 6.92 Å². The molecule has 0 aromatic carbocycles. The standard InChI is InChI=1S/C33H48N2O3/c1-21(36)35-33-13-11-28(2,3)17-23(33)27-24(37)15-26-30(6)16-22(18-34)19-38-20-29(4,5)25(30)9-10-31(26,7)32(27,8)12-14-33/h15-16,23,25,27H,9-14,17,19-20H2,1-8H3,(H,35,36). The number of nitrogens with one attached hydrogen (secondary N) is 1. The van der Waals surface area contributed by atoms with E-state index in [0.717, 1.165) is 44.9 Å². The summed E-state index contributed by atoms with van der Waals surface area (Å²) in [4.78, 5) is 27.0. The van der Waals surface area contributed by atoms with Crippen molar-refractivity contribution in [2.24, 2.45) is 44.8 Å². The molecule has 0 radical (unpaired) electrons. The van der Waals surface area contributed by atoms with Crippen LogP contribution in [0.5, 0.6) is 0 Å². The van der Waals surface area contributed by atoms with Gasteiger partial charge in [0.25, 0.3) is 0 Å². The van der Waals surface area contributed by atoms with Crippen LogP contribution in [0, 0.1) is 56.2 Å². The molecule has 1 heterocycles. The van der Waals surface area contributed by atoms with Crippen LogP contribution in [-0.2, 0) is 14.3 Å². The molecule has 208 valence electrons. The molecule has 5 heteroatoms. The Labute approximate surface area is 229 Å². The molecule has 1 aliphatic heterocycles. The van der Waals surface area contributed by atoms with Crippen molar-refractivity contribution in [3.05, 3.63) is 23.3 Å². The number of hydrogen-bond acceptors (Lipinski definition) is 4. The Morgan fingerprint density at radius 2 is 1.74 bits per heavy atom. The molecule has 1 amide bonds. The molecule has 3 saturated carbocycles. The fourth-order valence-electron chi connectivity index (χ4n) is 10.3. The first-order valence-corrected chi connectivity index (χ1v) is 14.8. The van der Waals surface area contributed by atoms with Crippen molar-refractivity contribution < 1.29 is 14.3 Å². The maximum absolute atomic E-state index is 14.5. The number of rotatable bonds is 1. The average Bonchev–Trinajstić information content (AvgIpc) is 2.79. The molecule has 0 saturated heterocycles. The molecule has 5 nitrogen and oxygen atoms in total. The van der Waals surface area contributed by atoms with Gasteiger partial charge in [0, 0.05) is 23.8 Å². The van der Waals surface area contributed by atoms with Gasteiger partial charge in [-0.25, -0.2) is 0 Å². The van der Waals surface area contributed by atoms with Crippen LogP contribution in [0.15, 0.2) is 23.3 Å². The summed E-state index contributed by atoms with van der Waals surface area (Å²) < 4.78 is 5.99. The molecule has 38 heavy (non-hydrogen) atoms. The van der Waals surface area contributed by atoms with Crippen molar-refractivity contribution in [1.29, 1.82) is 5.26 Å². The Hall–Kier alpha value is -1.93. The number of nitriles is 1. The fourth-order valence-corrected chi connectivity index (χ4v) is 10.3. The van der Waals surface area contributed by atoms with Gasteiger partial charge in [-0.15, -0.1) is 0 Å². The van der Waals surface area contributed by atoms with Crippen molar-refractivity contribution in [2.45, 2.75) is 106 Å². The highest BCUT2D eigenvalue weighted by atomic mass is 16.5.